The van der Waals surface area contributed by atoms with E-state index >= 15 is 0 Å². The van der Waals surface area contributed by atoms with Gasteiger partial charge in [0.05, 0.1) is 5.41 Å². The zero-order valence-corrected chi connectivity index (χ0v) is 19.4. The molecule has 1 aromatic rings. The van der Waals surface area contributed by atoms with Crippen LogP contribution in [0.25, 0.3) is 0 Å². The van der Waals surface area contributed by atoms with Crippen molar-refractivity contribution < 1.29 is 14.7 Å². The Morgan fingerprint density at radius 2 is 1.14 bits per heavy atom. The molecule has 29 heavy (non-hydrogen) atoms. The van der Waals surface area contributed by atoms with Crippen molar-refractivity contribution in [2.45, 2.75) is 105 Å². The second-order valence-electron chi connectivity index (χ2n) is 9.87. The van der Waals surface area contributed by atoms with Gasteiger partial charge in [-0.1, -0.05) is 70.2 Å². The fourth-order valence-corrected chi connectivity index (χ4v) is 3.62. The van der Waals surface area contributed by atoms with E-state index in [-0.39, 0.29) is 11.2 Å². The summed E-state index contributed by atoms with van der Waals surface area (Å²) >= 11 is 0. The lowest BCUT2D eigenvalue weighted by atomic mass is 9.83. The van der Waals surface area contributed by atoms with Gasteiger partial charge < -0.3 is 5.11 Å². The lowest BCUT2D eigenvalue weighted by molar-refractivity contribution is -0.147. The highest BCUT2D eigenvalue weighted by Gasteiger charge is 2.26. The maximum absolute atomic E-state index is 11.6. The summed E-state index contributed by atoms with van der Waals surface area (Å²) < 4.78 is 0. The fourth-order valence-electron chi connectivity index (χ4n) is 3.62. The molecular formula is C26H42O3. The maximum Gasteiger partial charge on any atom is 0.309 e. The van der Waals surface area contributed by atoms with Gasteiger partial charge in [0.15, 0.2) is 0 Å². The highest BCUT2D eigenvalue weighted by atomic mass is 16.4. The van der Waals surface area contributed by atoms with E-state index in [0.29, 0.717) is 0 Å². The van der Waals surface area contributed by atoms with Crippen molar-refractivity contribution in [1.29, 1.82) is 0 Å². The van der Waals surface area contributed by atoms with E-state index in [2.05, 4.69) is 24.3 Å². The molecule has 0 unspecified atom stereocenters. The summed E-state index contributed by atoms with van der Waals surface area (Å²) in [5.41, 5.74) is 2.14. The normalized spacial score (nSPS) is 12.2. The van der Waals surface area contributed by atoms with E-state index in [4.69, 9.17) is 0 Å². The van der Waals surface area contributed by atoms with Crippen molar-refractivity contribution in [3.8, 4) is 0 Å². The Balaban J connectivity index is 2.30. The predicted octanol–water partition coefficient (Wildman–Crippen LogP) is 7.01. The zero-order valence-electron chi connectivity index (χ0n) is 19.4. The van der Waals surface area contributed by atoms with E-state index in [1.807, 2.05) is 27.7 Å². The van der Waals surface area contributed by atoms with Crippen LogP contribution in [0.15, 0.2) is 24.3 Å². The summed E-state index contributed by atoms with van der Waals surface area (Å²) in [6.45, 7) is 9.42. The van der Waals surface area contributed by atoms with Crippen LogP contribution in [0.5, 0.6) is 0 Å². The molecule has 0 radical (unpaired) electrons. The van der Waals surface area contributed by atoms with Crippen LogP contribution in [-0.2, 0) is 22.4 Å². The Kier molecular flexibility index (Phi) is 10.6. The molecule has 0 saturated carbocycles. The Labute approximate surface area is 178 Å². The summed E-state index contributed by atoms with van der Waals surface area (Å²) in [5.74, 6) is -0.411. The SMILES string of the molecule is CC(=O)C(C)(C)CCCCCc1ccccc1CCCCCCC(C)(C)C(=O)O. The Hall–Kier alpha value is -1.64. The standard InChI is InChI=1S/C26H42O3/c1-21(27)25(2,3)19-14-8-10-16-23-18-12-11-17-22(23)15-9-6-7-13-20-26(4,5)24(28)29/h11-12,17-18H,6-10,13-16,19-20H2,1-5H3,(H,28,29). The topological polar surface area (TPSA) is 54.4 Å². The summed E-state index contributed by atoms with van der Waals surface area (Å²) in [5, 5.41) is 9.18. The van der Waals surface area contributed by atoms with Gasteiger partial charge in [0.1, 0.15) is 5.78 Å². The molecule has 0 aromatic heterocycles. The zero-order chi connectivity index (χ0) is 21.9. The van der Waals surface area contributed by atoms with Crippen molar-refractivity contribution in [3.63, 3.8) is 0 Å². The van der Waals surface area contributed by atoms with Gasteiger partial charge in [-0.05, 0) is 70.4 Å². The number of carbonyl (C=O) groups excluding carboxylic acids is 1. The quantitative estimate of drug-likeness (QED) is 0.321. The highest BCUT2D eigenvalue weighted by molar-refractivity contribution is 5.81. The minimum atomic E-state index is -0.698. The molecule has 3 nitrogen and oxygen atoms in total. The molecule has 0 spiro atoms. The number of unbranched alkanes of at least 4 members (excludes halogenated alkanes) is 5. The molecule has 1 N–H and O–H groups in total. The average Bonchev–Trinajstić information content (AvgIpc) is 2.64. The third-order valence-corrected chi connectivity index (χ3v) is 6.40. The number of aliphatic carboxylic acids is 1. The molecule has 1 rings (SSSR count). The number of rotatable bonds is 15. The van der Waals surface area contributed by atoms with Gasteiger partial charge in [-0.3, -0.25) is 9.59 Å². The Morgan fingerprint density at radius 3 is 1.59 bits per heavy atom. The van der Waals surface area contributed by atoms with Crippen LogP contribution in [0.2, 0.25) is 0 Å². The van der Waals surface area contributed by atoms with Gasteiger partial charge in [-0.15, -0.1) is 0 Å². The van der Waals surface area contributed by atoms with Gasteiger partial charge in [-0.2, -0.15) is 0 Å². The highest BCUT2D eigenvalue weighted by Crippen LogP contribution is 2.26. The van der Waals surface area contributed by atoms with Gasteiger partial charge in [-0.25, -0.2) is 0 Å². The van der Waals surface area contributed by atoms with E-state index in [9.17, 15) is 14.7 Å². The van der Waals surface area contributed by atoms with Gasteiger partial charge in [0.25, 0.3) is 0 Å². The number of aryl methyl sites for hydroxylation is 2. The smallest absolute Gasteiger partial charge is 0.309 e. The van der Waals surface area contributed by atoms with Crippen LogP contribution in [-0.4, -0.2) is 16.9 Å². The number of hydrogen-bond donors (Lipinski definition) is 1. The van der Waals surface area contributed by atoms with Crippen LogP contribution >= 0.6 is 0 Å². The number of hydrogen-bond acceptors (Lipinski definition) is 2. The second kappa shape index (κ2) is 12.1. The number of Topliss-reactive ketones (excluding diaryl/α,β-unsaturated/α-hetero) is 1. The number of carboxylic acid groups (broad SMARTS) is 1. The molecule has 0 atom stereocenters. The number of carboxylic acids is 1. The van der Waals surface area contributed by atoms with Crippen molar-refractivity contribution in [2.75, 3.05) is 0 Å². The number of carbonyl (C=O) groups is 2. The van der Waals surface area contributed by atoms with Gasteiger partial charge >= 0.3 is 5.97 Å². The van der Waals surface area contributed by atoms with E-state index in [0.717, 1.165) is 57.8 Å². The summed E-state index contributed by atoms with van der Waals surface area (Å²) in [7, 11) is 0. The van der Waals surface area contributed by atoms with Crippen LogP contribution in [0, 0.1) is 10.8 Å². The first-order chi connectivity index (χ1) is 13.6. The van der Waals surface area contributed by atoms with Gasteiger partial charge in [0.2, 0.25) is 0 Å². The van der Waals surface area contributed by atoms with Crippen LogP contribution in [0.1, 0.15) is 104 Å². The van der Waals surface area contributed by atoms with Crippen LogP contribution in [0.4, 0.5) is 0 Å². The van der Waals surface area contributed by atoms with Crippen LogP contribution < -0.4 is 0 Å². The molecule has 0 aliphatic rings. The molecule has 0 bridgehead atoms. The predicted molar refractivity (Wildman–Crippen MR) is 121 cm³/mol. The minimum absolute atomic E-state index is 0.183. The molecule has 0 fully saturated rings. The molecule has 164 valence electrons. The maximum atomic E-state index is 11.6. The first kappa shape index (κ1) is 25.4. The van der Waals surface area contributed by atoms with Crippen molar-refractivity contribution in [1.82, 2.24) is 0 Å². The number of ketones is 1. The first-order valence-corrected chi connectivity index (χ1v) is 11.4. The Morgan fingerprint density at radius 1 is 0.724 bits per heavy atom. The molecule has 1 aromatic carbocycles. The minimum Gasteiger partial charge on any atom is -0.481 e. The van der Waals surface area contributed by atoms with E-state index in [1.165, 1.54) is 24.0 Å². The molecule has 0 saturated heterocycles. The third-order valence-electron chi connectivity index (χ3n) is 6.40. The largest absolute Gasteiger partial charge is 0.481 e. The first-order valence-electron chi connectivity index (χ1n) is 11.4. The van der Waals surface area contributed by atoms with Crippen molar-refractivity contribution in [2.24, 2.45) is 10.8 Å². The third kappa shape index (κ3) is 9.60. The lowest BCUT2D eigenvalue weighted by Gasteiger charge is -2.20. The lowest BCUT2D eigenvalue weighted by Crippen LogP contribution is -2.23. The number of benzene rings is 1. The molecule has 3 heteroatoms. The molecule has 0 aliphatic carbocycles. The van der Waals surface area contributed by atoms with E-state index in [1.54, 1.807) is 6.92 Å². The van der Waals surface area contributed by atoms with Crippen molar-refractivity contribution in [3.05, 3.63) is 35.4 Å². The summed E-state index contributed by atoms with van der Waals surface area (Å²) in [6.07, 6.45) is 11.8. The Bertz CT molecular complexity index is 643. The molecule has 0 heterocycles. The fraction of sp³-hybridized carbons (Fsp3) is 0.692. The second-order valence-corrected chi connectivity index (χ2v) is 9.87. The van der Waals surface area contributed by atoms with Gasteiger partial charge in [0, 0.05) is 5.41 Å². The van der Waals surface area contributed by atoms with E-state index < -0.39 is 11.4 Å². The van der Waals surface area contributed by atoms with Crippen molar-refractivity contribution >= 4 is 11.8 Å². The molecule has 0 amide bonds. The summed E-state index contributed by atoms with van der Waals surface area (Å²) in [4.78, 5) is 22.8. The monoisotopic (exact) mass is 402 g/mol. The van der Waals surface area contributed by atoms with Crippen LogP contribution in [0.3, 0.4) is 0 Å². The molecular weight excluding hydrogens is 360 g/mol. The molecule has 0 aliphatic heterocycles. The average molecular weight is 403 g/mol. The summed E-state index contributed by atoms with van der Waals surface area (Å²) in [6, 6.07) is 8.77.